The number of halogens is 2. The maximum absolute atomic E-state index is 13.6. The summed E-state index contributed by atoms with van der Waals surface area (Å²) in [7, 11) is -0.458. The molecule has 2 aliphatic rings. The monoisotopic (exact) mass is 736 g/mol. The fourth-order valence-electron chi connectivity index (χ4n) is 6.20. The molecule has 0 saturated carbocycles. The van der Waals surface area contributed by atoms with Crippen LogP contribution in [-0.2, 0) is 31.4 Å². The van der Waals surface area contributed by atoms with E-state index in [2.05, 4.69) is 80.7 Å². The molecular formula is C33H46Cl2N3O3RuS. The molecule has 1 aliphatic carbocycles. The summed E-state index contributed by atoms with van der Waals surface area (Å²) < 4.78 is 35.9. The van der Waals surface area contributed by atoms with E-state index in [0.29, 0.717) is 4.91 Å². The fourth-order valence-corrected chi connectivity index (χ4v) is 8.55. The predicted molar refractivity (Wildman–Crippen MR) is 183 cm³/mol. The predicted octanol–water partition coefficient (Wildman–Crippen LogP) is 7.25. The third-order valence-corrected chi connectivity index (χ3v) is 10.8. The maximum atomic E-state index is 13.6. The summed E-state index contributed by atoms with van der Waals surface area (Å²) in [5.74, 6) is 1.78. The SMILES string of the molecule is Cl.Cl.[CH2]=[Ru][C]1=C(OC(C)C)C(=C2N(c3c(C)cc(C)cc3C)CCN2c2c(C)cc(C)cc2C)CC(S(=O)(=O)N(C)C)=C1. The second kappa shape index (κ2) is 14.4. The molecule has 1 fully saturated rings. The van der Waals surface area contributed by atoms with E-state index in [-0.39, 0.29) is 37.3 Å². The molecule has 43 heavy (non-hydrogen) atoms. The normalized spacial score (nSPS) is 15.7. The summed E-state index contributed by atoms with van der Waals surface area (Å²) in [5, 5.41) is 4.27. The van der Waals surface area contributed by atoms with Crippen LogP contribution in [0.1, 0.15) is 53.6 Å². The number of aryl methyl sites for hydroxylation is 6. The van der Waals surface area contributed by atoms with Crippen molar-refractivity contribution in [2.24, 2.45) is 0 Å². The average molecular weight is 737 g/mol. The van der Waals surface area contributed by atoms with E-state index in [4.69, 9.17) is 4.74 Å². The van der Waals surface area contributed by atoms with Crippen LogP contribution in [-0.4, -0.2) is 51.1 Å². The first-order chi connectivity index (χ1) is 19.2. The van der Waals surface area contributed by atoms with Gasteiger partial charge in [0.2, 0.25) is 0 Å². The molecule has 1 heterocycles. The molecule has 0 amide bonds. The molecule has 0 N–H and O–H groups in total. The van der Waals surface area contributed by atoms with E-state index in [1.165, 1.54) is 49.1 Å². The third kappa shape index (κ3) is 7.31. The van der Waals surface area contributed by atoms with Crippen molar-refractivity contribution >= 4 is 51.3 Å². The van der Waals surface area contributed by atoms with E-state index >= 15 is 0 Å². The van der Waals surface area contributed by atoms with Gasteiger partial charge in [-0.3, -0.25) is 0 Å². The van der Waals surface area contributed by atoms with Gasteiger partial charge in [0, 0.05) is 0 Å². The van der Waals surface area contributed by atoms with Gasteiger partial charge in [-0.05, 0) is 0 Å². The molecule has 10 heteroatoms. The molecule has 0 spiro atoms. The molecule has 0 aromatic heterocycles. The second-order valence-corrected chi connectivity index (χ2v) is 15.4. The summed E-state index contributed by atoms with van der Waals surface area (Å²) in [6.45, 7) is 18.5. The molecular weight excluding hydrogens is 690 g/mol. The van der Waals surface area contributed by atoms with Gasteiger partial charge < -0.3 is 0 Å². The number of ether oxygens (including phenoxy) is 1. The van der Waals surface area contributed by atoms with Crippen LogP contribution in [0.3, 0.4) is 0 Å². The van der Waals surface area contributed by atoms with Gasteiger partial charge in [0.1, 0.15) is 0 Å². The average Bonchev–Trinajstić information content (AvgIpc) is 3.26. The van der Waals surface area contributed by atoms with Gasteiger partial charge >= 0.3 is 255 Å². The van der Waals surface area contributed by atoms with Crippen LogP contribution in [0.4, 0.5) is 11.4 Å². The zero-order chi connectivity index (χ0) is 30.4. The van der Waals surface area contributed by atoms with Gasteiger partial charge in [-0.15, -0.1) is 24.8 Å². The van der Waals surface area contributed by atoms with E-state index in [1.54, 1.807) is 14.1 Å². The Hall–Kier alpha value is -1.96. The Kier molecular flexibility index (Phi) is 12.5. The first kappa shape index (κ1) is 37.2. The van der Waals surface area contributed by atoms with E-state index < -0.39 is 26.7 Å². The van der Waals surface area contributed by atoms with Crippen molar-refractivity contribution in [1.82, 2.24) is 4.31 Å². The topological polar surface area (TPSA) is 53.1 Å². The Balaban J connectivity index is 0.00000323. The summed E-state index contributed by atoms with van der Waals surface area (Å²) in [6, 6.07) is 8.91. The summed E-state index contributed by atoms with van der Waals surface area (Å²) in [5.41, 5.74) is 10.5. The van der Waals surface area contributed by atoms with Crippen molar-refractivity contribution in [1.29, 1.82) is 0 Å². The van der Waals surface area contributed by atoms with Crippen molar-refractivity contribution < 1.29 is 29.8 Å². The molecule has 0 unspecified atom stereocenters. The minimum atomic E-state index is -3.65. The molecule has 1 aliphatic heterocycles. The molecule has 2 aromatic rings. The molecule has 2 aromatic carbocycles. The number of benzene rings is 2. The Morgan fingerprint density at radius 2 is 1.26 bits per heavy atom. The van der Waals surface area contributed by atoms with Gasteiger partial charge in [0.25, 0.3) is 0 Å². The van der Waals surface area contributed by atoms with Gasteiger partial charge in [-0.2, -0.15) is 0 Å². The molecule has 0 bridgehead atoms. The van der Waals surface area contributed by atoms with Crippen LogP contribution < -0.4 is 9.80 Å². The second-order valence-electron chi connectivity index (χ2n) is 11.6. The summed E-state index contributed by atoms with van der Waals surface area (Å²) in [6.07, 6.45) is 2.00. The van der Waals surface area contributed by atoms with Crippen molar-refractivity contribution in [3.63, 3.8) is 0 Å². The van der Waals surface area contributed by atoms with Gasteiger partial charge in [0.05, 0.1) is 0 Å². The summed E-state index contributed by atoms with van der Waals surface area (Å²) >= 11 is -0.517. The van der Waals surface area contributed by atoms with Crippen molar-refractivity contribution in [2.45, 2.75) is 67.9 Å². The van der Waals surface area contributed by atoms with Crippen LogP contribution in [0.2, 0.25) is 0 Å². The Morgan fingerprint density at radius 3 is 1.60 bits per heavy atom. The summed E-state index contributed by atoms with van der Waals surface area (Å²) in [4.78, 5) is 5.17. The van der Waals surface area contributed by atoms with Gasteiger partial charge in [-0.25, -0.2) is 0 Å². The first-order valence-corrected chi connectivity index (χ1v) is 17.5. The fraction of sp³-hybridized carbons (Fsp3) is 0.424. The number of rotatable bonds is 7. The minimum absolute atomic E-state index is 0. The first-order valence-electron chi connectivity index (χ1n) is 14.0. The molecule has 0 atom stereocenters. The van der Waals surface area contributed by atoms with Crippen LogP contribution in [0, 0.1) is 41.5 Å². The number of sulfonamides is 1. The Labute approximate surface area is 278 Å². The number of anilines is 2. The third-order valence-electron chi connectivity index (χ3n) is 7.56. The molecule has 6 nitrogen and oxygen atoms in total. The number of allylic oxidation sites excluding steroid dienone is 4. The van der Waals surface area contributed by atoms with Crippen molar-refractivity contribution in [2.75, 3.05) is 37.0 Å². The molecule has 239 valence electrons. The molecule has 1 saturated heterocycles. The Morgan fingerprint density at radius 1 is 0.837 bits per heavy atom. The van der Waals surface area contributed by atoms with Gasteiger partial charge in [-0.1, -0.05) is 0 Å². The van der Waals surface area contributed by atoms with E-state index in [1.807, 2.05) is 19.9 Å². The van der Waals surface area contributed by atoms with Crippen LogP contribution in [0.25, 0.3) is 0 Å². The molecule has 4 rings (SSSR count). The van der Waals surface area contributed by atoms with Crippen LogP contribution >= 0.6 is 24.8 Å². The van der Waals surface area contributed by atoms with Crippen LogP contribution in [0.5, 0.6) is 0 Å². The Bertz CT molecular complexity index is 1500. The van der Waals surface area contributed by atoms with Crippen molar-refractivity contribution in [3.05, 3.63) is 89.9 Å². The van der Waals surface area contributed by atoms with Gasteiger partial charge in [0.15, 0.2) is 0 Å². The number of nitrogens with zero attached hydrogens (tertiary/aromatic N) is 3. The van der Waals surface area contributed by atoms with E-state index in [9.17, 15) is 8.42 Å². The zero-order valence-electron chi connectivity index (χ0n) is 26.9. The van der Waals surface area contributed by atoms with Crippen LogP contribution in [0.15, 0.2) is 56.6 Å². The standard InChI is InChI=1S/C32H42N3O3S.CH2.2ClH.Ru/c1-20(2)38-29-12-11-27(39(36,37)33(9)10)19-28(29)32-34(30-23(5)15-21(3)16-24(30)6)13-14-35(32)31-25(7)17-22(4)18-26(31)8;;;;/h11,15-18,20H,13-14,19H2,1-10H3;1H2;2*1H;. The number of hydrogen-bond donors (Lipinski definition) is 0. The quantitative estimate of drug-likeness (QED) is 0.281. The number of hydrogen-bond acceptors (Lipinski definition) is 5. The molecule has 0 radical (unpaired) electrons. The van der Waals surface area contributed by atoms with E-state index in [0.717, 1.165) is 34.4 Å². The zero-order valence-corrected chi connectivity index (χ0v) is 31.1. The van der Waals surface area contributed by atoms with Crippen molar-refractivity contribution in [3.8, 4) is 0 Å².